The highest BCUT2D eigenvalue weighted by molar-refractivity contribution is 6.05. The van der Waals surface area contributed by atoms with E-state index in [-0.39, 0.29) is 11.5 Å². The molecule has 1 spiro atoms. The maximum Gasteiger partial charge on any atom is 0.254 e. The molecule has 4 heterocycles. The molecule has 2 aliphatic rings. The fourth-order valence-corrected chi connectivity index (χ4v) is 2.98. The molecule has 1 N–H and O–H groups in total. The number of morpholine rings is 1. The fraction of sp³-hybridized carbons (Fsp3) is 0.400. The van der Waals surface area contributed by atoms with Crippen LogP contribution in [0.2, 0.25) is 0 Å². The van der Waals surface area contributed by atoms with Crippen LogP contribution in [0.5, 0.6) is 0 Å². The van der Waals surface area contributed by atoms with E-state index >= 15 is 0 Å². The Bertz CT molecular complexity index is 694. The molecule has 6 nitrogen and oxygen atoms in total. The molecule has 2 aromatic rings. The molecule has 0 aromatic carbocycles. The van der Waals surface area contributed by atoms with Crippen LogP contribution in [0.4, 0.5) is 0 Å². The Morgan fingerprint density at radius 2 is 2.24 bits per heavy atom. The summed E-state index contributed by atoms with van der Waals surface area (Å²) in [5.74, 6) is 0.0324. The lowest BCUT2D eigenvalue weighted by atomic mass is 9.94. The minimum Gasteiger partial charge on any atom is -0.369 e. The molecule has 4 rings (SSSR count). The Balaban J connectivity index is 1.67. The smallest absolute Gasteiger partial charge is 0.254 e. The van der Waals surface area contributed by atoms with Crippen molar-refractivity contribution < 1.29 is 9.53 Å². The normalized spacial score (nSPS) is 20.5. The summed E-state index contributed by atoms with van der Waals surface area (Å²) in [5.41, 5.74) is 1.27. The highest BCUT2D eigenvalue weighted by Crippen LogP contribution is 2.25. The Morgan fingerprint density at radius 1 is 1.33 bits per heavy atom. The van der Waals surface area contributed by atoms with E-state index < -0.39 is 0 Å². The van der Waals surface area contributed by atoms with E-state index in [4.69, 9.17) is 4.74 Å². The number of rotatable bonds is 1. The number of nitrogens with one attached hydrogen (secondary N) is 1. The zero-order valence-corrected chi connectivity index (χ0v) is 11.6. The zero-order chi connectivity index (χ0) is 14.3. The highest BCUT2D eigenvalue weighted by Gasteiger charge is 2.43. The van der Waals surface area contributed by atoms with Crippen molar-refractivity contribution in [1.82, 2.24) is 20.2 Å². The van der Waals surface area contributed by atoms with Gasteiger partial charge in [0.15, 0.2) is 0 Å². The second kappa shape index (κ2) is 4.75. The summed E-state index contributed by atoms with van der Waals surface area (Å²) in [6.07, 6.45) is 5.07. The second-order valence-corrected chi connectivity index (χ2v) is 5.61. The Hall–Kier alpha value is -2.05. The van der Waals surface area contributed by atoms with Crippen molar-refractivity contribution in [2.75, 3.05) is 32.8 Å². The van der Waals surface area contributed by atoms with Crippen LogP contribution in [0.15, 0.2) is 30.7 Å². The predicted molar refractivity (Wildman–Crippen MR) is 77.0 cm³/mol. The number of carbonyl (C=O) groups is 1. The summed E-state index contributed by atoms with van der Waals surface area (Å²) < 4.78 is 5.82. The molecule has 0 bridgehead atoms. The van der Waals surface area contributed by atoms with Gasteiger partial charge in [-0.05, 0) is 12.1 Å². The van der Waals surface area contributed by atoms with Crippen LogP contribution in [0.1, 0.15) is 10.4 Å². The molecule has 21 heavy (non-hydrogen) atoms. The molecule has 108 valence electrons. The van der Waals surface area contributed by atoms with Crippen LogP contribution in [0.3, 0.4) is 0 Å². The van der Waals surface area contributed by atoms with E-state index in [0.717, 1.165) is 24.0 Å². The summed E-state index contributed by atoms with van der Waals surface area (Å²) >= 11 is 0. The third-order valence-electron chi connectivity index (χ3n) is 4.20. The van der Waals surface area contributed by atoms with Crippen molar-refractivity contribution in [3.63, 3.8) is 0 Å². The minimum absolute atomic E-state index is 0.0324. The fourth-order valence-electron chi connectivity index (χ4n) is 2.98. The van der Waals surface area contributed by atoms with Gasteiger partial charge in [0.25, 0.3) is 5.91 Å². The number of ether oxygens (including phenoxy) is 1. The zero-order valence-electron chi connectivity index (χ0n) is 11.6. The molecular formula is C15H16N4O2. The van der Waals surface area contributed by atoms with Crippen LogP contribution in [0, 0.1) is 0 Å². The van der Waals surface area contributed by atoms with Crippen molar-refractivity contribution in [1.29, 1.82) is 0 Å². The first-order valence-corrected chi connectivity index (χ1v) is 7.10. The first kappa shape index (κ1) is 12.7. The van der Waals surface area contributed by atoms with E-state index in [2.05, 4.69) is 15.3 Å². The first-order chi connectivity index (χ1) is 10.3. The van der Waals surface area contributed by atoms with Gasteiger partial charge in [-0.25, -0.2) is 0 Å². The van der Waals surface area contributed by atoms with Crippen molar-refractivity contribution in [3.05, 3.63) is 36.3 Å². The monoisotopic (exact) mass is 284 g/mol. The number of pyridine rings is 2. The summed E-state index contributed by atoms with van der Waals surface area (Å²) in [5, 5.41) is 4.02. The Morgan fingerprint density at radius 3 is 3.05 bits per heavy atom. The van der Waals surface area contributed by atoms with Crippen LogP contribution in [-0.2, 0) is 4.74 Å². The number of hydrogen-bond donors (Lipinski definition) is 1. The maximum atomic E-state index is 12.8. The minimum atomic E-state index is -0.186. The van der Waals surface area contributed by atoms with Gasteiger partial charge in [-0.2, -0.15) is 0 Å². The molecule has 6 heteroatoms. The molecular weight excluding hydrogens is 268 g/mol. The molecule has 0 atom stereocenters. The van der Waals surface area contributed by atoms with E-state index in [9.17, 15) is 4.79 Å². The summed E-state index contributed by atoms with van der Waals surface area (Å²) in [6.45, 7) is 3.49. The lowest BCUT2D eigenvalue weighted by Gasteiger charge is -2.48. The quantitative estimate of drug-likeness (QED) is 0.823. The second-order valence-electron chi connectivity index (χ2n) is 5.61. The molecule has 2 aromatic heterocycles. The number of hydrogen-bond acceptors (Lipinski definition) is 5. The van der Waals surface area contributed by atoms with Crippen molar-refractivity contribution in [2.24, 2.45) is 0 Å². The van der Waals surface area contributed by atoms with Gasteiger partial charge in [-0.1, -0.05) is 0 Å². The highest BCUT2D eigenvalue weighted by atomic mass is 16.5. The van der Waals surface area contributed by atoms with Gasteiger partial charge in [-0.15, -0.1) is 0 Å². The Labute approximate surface area is 122 Å². The third kappa shape index (κ3) is 2.07. The molecule has 0 unspecified atom stereocenters. The number of aromatic nitrogens is 2. The van der Waals surface area contributed by atoms with Gasteiger partial charge in [0.1, 0.15) is 5.60 Å². The predicted octanol–water partition coefficient (Wildman–Crippen LogP) is 0.444. The van der Waals surface area contributed by atoms with Gasteiger partial charge in [0, 0.05) is 43.6 Å². The third-order valence-corrected chi connectivity index (χ3v) is 4.20. The number of carbonyl (C=O) groups excluding carboxylic acids is 1. The van der Waals surface area contributed by atoms with Gasteiger partial charge in [0.05, 0.1) is 24.2 Å². The van der Waals surface area contributed by atoms with Crippen LogP contribution in [-0.4, -0.2) is 59.2 Å². The average Bonchev–Trinajstić information content (AvgIpc) is 2.52. The van der Waals surface area contributed by atoms with Crippen molar-refractivity contribution >= 4 is 16.8 Å². The molecule has 0 radical (unpaired) electrons. The van der Waals surface area contributed by atoms with Crippen LogP contribution in [0.25, 0.3) is 10.9 Å². The van der Waals surface area contributed by atoms with Gasteiger partial charge in [-0.3, -0.25) is 14.8 Å². The lowest BCUT2D eigenvalue weighted by Crippen LogP contribution is -2.69. The molecule has 2 saturated heterocycles. The van der Waals surface area contributed by atoms with E-state index in [0.29, 0.717) is 25.3 Å². The Kier molecular flexibility index (Phi) is 2.87. The maximum absolute atomic E-state index is 12.8. The van der Waals surface area contributed by atoms with Crippen LogP contribution >= 0.6 is 0 Å². The van der Waals surface area contributed by atoms with Crippen molar-refractivity contribution in [2.45, 2.75) is 5.60 Å². The lowest BCUT2D eigenvalue weighted by molar-refractivity contribution is -0.126. The van der Waals surface area contributed by atoms with E-state index in [1.165, 1.54) is 0 Å². The standard InChI is InChI=1S/C15H16N4O2/c20-14(19-5-6-21-15(10-19)8-17-9-15)11-1-4-18-13-2-3-16-7-12(11)13/h1-4,7,17H,5-6,8-10H2. The summed E-state index contributed by atoms with van der Waals surface area (Å²) in [7, 11) is 0. The molecule has 0 aliphatic carbocycles. The summed E-state index contributed by atoms with van der Waals surface area (Å²) in [6, 6.07) is 3.59. The van der Waals surface area contributed by atoms with Gasteiger partial charge in [0.2, 0.25) is 0 Å². The molecule has 2 aliphatic heterocycles. The number of amides is 1. The topological polar surface area (TPSA) is 67.4 Å². The molecule has 0 saturated carbocycles. The van der Waals surface area contributed by atoms with E-state index in [1.807, 2.05) is 11.0 Å². The van der Waals surface area contributed by atoms with Crippen molar-refractivity contribution in [3.8, 4) is 0 Å². The largest absolute Gasteiger partial charge is 0.369 e. The number of nitrogens with zero attached hydrogens (tertiary/aromatic N) is 3. The SMILES string of the molecule is O=C(c1ccnc2ccncc12)N1CCOC2(CNC2)C1. The van der Waals surface area contributed by atoms with Crippen LogP contribution < -0.4 is 5.32 Å². The summed E-state index contributed by atoms with van der Waals surface area (Å²) in [4.78, 5) is 23.1. The van der Waals surface area contributed by atoms with Gasteiger partial charge >= 0.3 is 0 Å². The average molecular weight is 284 g/mol. The molecule has 1 amide bonds. The van der Waals surface area contributed by atoms with Gasteiger partial charge < -0.3 is 15.0 Å². The number of fused-ring (bicyclic) bond motifs is 1. The molecule has 2 fully saturated rings. The first-order valence-electron chi connectivity index (χ1n) is 7.10. The van der Waals surface area contributed by atoms with E-state index in [1.54, 1.807) is 24.7 Å².